The van der Waals surface area contributed by atoms with Crippen LogP contribution in [0.15, 0.2) is 212 Å². The van der Waals surface area contributed by atoms with Gasteiger partial charge in [0.2, 0.25) is 0 Å². The van der Waals surface area contributed by atoms with Crippen LogP contribution in [-0.4, -0.2) is 0 Å². The molecule has 0 aliphatic rings. The molecule has 10 aromatic rings. The molecule has 1 nitrogen and oxygen atoms in total. The van der Waals surface area contributed by atoms with Crippen molar-refractivity contribution in [2.45, 2.75) is 0 Å². The SMILES string of the molecule is c1ccc(-c2ccc(-c3ccc(N(c4ccc5sc6ccccc6c5c4)c4ccccc4-c4cccc(-c5cccc6ccccc56)c4)cc3)cc2)cc1. The Labute approximate surface area is 319 Å². The number of rotatable bonds is 7. The smallest absolute Gasteiger partial charge is 0.0540 e. The minimum Gasteiger partial charge on any atom is -0.310 e. The molecule has 0 saturated heterocycles. The third-order valence-electron chi connectivity index (χ3n) is 10.5. The van der Waals surface area contributed by atoms with Gasteiger partial charge in [0, 0.05) is 37.1 Å². The summed E-state index contributed by atoms with van der Waals surface area (Å²) in [5, 5.41) is 5.09. The van der Waals surface area contributed by atoms with E-state index in [-0.39, 0.29) is 0 Å². The molecular formula is C52H35NS. The van der Waals surface area contributed by atoms with Crippen molar-refractivity contribution in [2.75, 3.05) is 4.90 Å². The van der Waals surface area contributed by atoms with Gasteiger partial charge < -0.3 is 4.90 Å². The second-order valence-electron chi connectivity index (χ2n) is 13.7. The third kappa shape index (κ3) is 5.84. The highest BCUT2D eigenvalue weighted by molar-refractivity contribution is 7.25. The lowest BCUT2D eigenvalue weighted by Gasteiger charge is -2.28. The molecule has 0 aliphatic carbocycles. The van der Waals surface area contributed by atoms with Gasteiger partial charge in [0.25, 0.3) is 0 Å². The normalized spacial score (nSPS) is 11.3. The monoisotopic (exact) mass is 705 g/mol. The summed E-state index contributed by atoms with van der Waals surface area (Å²) in [6.07, 6.45) is 0. The molecule has 2 heteroatoms. The molecule has 0 amide bonds. The second kappa shape index (κ2) is 13.7. The van der Waals surface area contributed by atoms with Crippen molar-refractivity contribution in [3.8, 4) is 44.5 Å². The predicted octanol–water partition coefficient (Wildman–Crippen LogP) is 15.3. The van der Waals surface area contributed by atoms with E-state index in [1.807, 2.05) is 11.3 Å². The first kappa shape index (κ1) is 32.0. The Hall–Kier alpha value is -6.74. The summed E-state index contributed by atoms with van der Waals surface area (Å²) in [5.74, 6) is 0. The lowest BCUT2D eigenvalue weighted by atomic mass is 9.94. The van der Waals surface area contributed by atoms with E-state index in [1.165, 1.54) is 75.5 Å². The Balaban J connectivity index is 1.10. The first-order chi connectivity index (χ1) is 26.8. The van der Waals surface area contributed by atoms with Crippen molar-refractivity contribution in [1.29, 1.82) is 0 Å². The van der Waals surface area contributed by atoms with Crippen LogP contribution in [-0.2, 0) is 0 Å². The molecule has 0 bridgehead atoms. The second-order valence-corrected chi connectivity index (χ2v) is 14.8. The average molecular weight is 706 g/mol. The molecule has 0 saturated carbocycles. The molecule has 1 aromatic heterocycles. The van der Waals surface area contributed by atoms with Gasteiger partial charge in [-0.05, 0) is 98.2 Å². The maximum atomic E-state index is 2.42. The summed E-state index contributed by atoms with van der Waals surface area (Å²) in [6.45, 7) is 0. The summed E-state index contributed by atoms with van der Waals surface area (Å²) < 4.78 is 2.61. The van der Waals surface area contributed by atoms with Gasteiger partial charge in [0.1, 0.15) is 0 Å². The molecular weight excluding hydrogens is 671 g/mol. The lowest BCUT2D eigenvalue weighted by molar-refractivity contribution is 1.29. The molecule has 0 radical (unpaired) electrons. The van der Waals surface area contributed by atoms with Gasteiger partial charge >= 0.3 is 0 Å². The molecule has 0 fully saturated rings. The van der Waals surface area contributed by atoms with Gasteiger partial charge in [-0.3, -0.25) is 0 Å². The standard InChI is InChI=1S/C52H35NS/c1-2-12-36(13-3-1)37-24-26-38(27-25-37)39-28-30-43(31-29-39)53(44-32-33-52-49(35-44)48-20-7-9-23-51(48)54-52)50-22-8-6-19-47(50)42-17-10-16-41(34-42)46-21-11-15-40-14-4-5-18-45(40)46/h1-35H. The van der Waals surface area contributed by atoms with E-state index in [0.29, 0.717) is 0 Å². The van der Waals surface area contributed by atoms with E-state index in [4.69, 9.17) is 0 Å². The van der Waals surface area contributed by atoms with E-state index in [2.05, 4.69) is 217 Å². The third-order valence-corrected chi connectivity index (χ3v) is 11.6. The summed E-state index contributed by atoms with van der Waals surface area (Å²) in [5.41, 5.74) is 13.0. The zero-order chi connectivity index (χ0) is 35.8. The number of nitrogens with zero attached hydrogens (tertiary/aromatic N) is 1. The van der Waals surface area contributed by atoms with Crippen LogP contribution in [0.2, 0.25) is 0 Å². The van der Waals surface area contributed by atoms with Gasteiger partial charge in [-0.2, -0.15) is 0 Å². The number of para-hydroxylation sites is 1. The van der Waals surface area contributed by atoms with E-state index < -0.39 is 0 Å². The zero-order valence-corrected chi connectivity index (χ0v) is 30.4. The summed E-state index contributed by atoms with van der Waals surface area (Å²) in [4.78, 5) is 2.42. The zero-order valence-electron chi connectivity index (χ0n) is 29.6. The van der Waals surface area contributed by atoms with E-state index in [0.717, 1.165) is 17.1 Å². The lowest BCUT2D eigenvalue weighted by Crippen LogP contribution is -2.11. The van der Waals surface area contributed by atoms with Crippen LogP contribution in [0.25, 0.3) is 75.5 Å². The van der Waals surface area contributed by atoms with Crippen LogP contribution in [0.3, 0.4) is 0 Å². The van der Waals surface area contributed by atoms with E-state index in [9.17, 15) is 0 Å². The highest BCUT2D eigenvalue weighted by Crippen LogP contribution is 2.45. The topological polar surface area (TPSA) is 3.24 Å². The molecule has 0 unspecified atom stereocenters. The maximum Gasteiger partial charge on any atom is 0.0540 e. The Morgan fingerprint density at radius 3 is 1.61 bits per heavy atom. The Bertz CT molecular complexity index is 2920. The van der Waals surface area contributed by atoms with Gasteiger partial charge in [-0.25, -0.2) is 0 Å². The van der Waals surface area contributed by atoms with Crippen LogP contribution >= 0.6 is 11.3 Å². The Kier molecular flexibility index (Phi) is 8.09. The van der Waals surface area contributed by atoms with Crippen LogP contribution in [0, 0.1) is 0 Å². The fourth-order valence-electron chi connectivity index (χ4n) is 7.81. The average Bonchev–Trinajstić information content (AvgIpc) is 3.63. The molecule has 0 spiro atoms. The summed E-state index contributed by atoms with van der Waals surface area (Å²) >= 11 is 1.85. The first-order valence-electron chi connectivity index (χ1n) is 18.4. The Morgan fingerprint density at radius 2 is 0.815 bits per heavy atom. The van der Waals surface area contributed by atoms with E-state index in [1.54, 1.807) is 0 Å². The molecule has 1 heterocycles. The maximum absolute atomic E-state index is 2.42. The van der Waals surface area contributed by atoms with Gasteiger partial charge in [0.05, 0.1) is 5.69 Å². The quantitative estimate of drug-likeness (QED) is 0.160. The van der Waals surface area contributed by atoms with Crippen LogP contribution < -0.4 is 4.90 Å². The molecule has 10 rings (SSSR count). The van der Waals surface area contributed by atoms with Crippen molar-refractivity contribution < 1.29 is 0 Å². The number of thiophene rings is 1. The largest absolute Gasteiger partial charge is 0.310 e. The highest BCUT2D eigenvalue weighted by Gasteiger charge is 2.19. The van der Waals surface area contributed by atoms with Crippen molar-refractivity contribution in [2.24, 2.45) is 0 Å². The predicted molar refractivity (Wildman–Crippen MR) is 233 cm³/mol. The van der Waals surface area contributed by atoms with Crippen molar-refractivity contribution in [3.05, 3.63) is 212 Å². The number of hydrogen-bond donors (Lipinski definition) is 0. The summed E-state index contributed by atoms with van der Waals surface area (Å²) in [7, 11) is 0. The number of anilines is 3. The van der Waals surface area contributed by atoms with Crippen LogP contribution in [0.5, 0.6) is 0 Å². The van der Waals surface area contributed by atoms with Crippen LogP contribution in [0.4, 0.5) is 17.1 Å². The highest BCUT2D eigenvalue weighted by atomic mass is 32.1. The molecule has 0 N–H and O–H groups in total. The van der Waals surface area contributed by atoms with Gasteiger partial charge in [-0.1, -0.05) is 164 Å². The van der Waals surface area contributed by atoms with Crippen LogP contribution in [0.1, 0.15) is 0 Å². The number of hydrogen-bond acceptors (Lipinski definition) is 2. The van der Waals surface area contributed by atoms with Crippen molar-refractivity contribution in [1.82, 2.24) is 0 Å². The van der Waals surface area contributed by atoms with Gasteiger partial charge in [-0.15, -0.1) is 11.3 Å². The molecule has 0 atom stereocenters. The molecule has 9 aromatic carbocycles. The fraction of sp³-hybridized carbons (Fsp3) is 0. The molecule has 254 valence electrons. The number of benzene rings is 9. The van der Waals surface area contributed by atoms with Crippen molar-refractivity contribution in [3.63, 3.8) is 0 Å². The minimum atomic E-state index is 1.11. The fourth-order valence-corrected chi connectivity index (χ4v) is 8.90. The minimum absolute atomic E-state index is 1.11. The van der Waals surface area contributed by atoms with E-state index >= 15 is 0 Å². The van der Waals surface area contributed by atoms with Crippen molar-refractivity contribution >= 4 is 59.3 Å². The Morgan fingerprint density at radius 1 is 0.296 bits per heavy atom. The number of fused-ring (bicyclic) bond motifs is 4. The first-order valence-corrected chi connectivity index (χ1v) is 19.2. The molecule has 0 aliphatic heterocycles. The summed E-state index contributed by atoms with van der Waals surface area (Å²) in [6, 6.07) is 77.2. The molecule has 54 heavy (non-hydrogen) atoms. The van der Waals surface area contributed by atoms with Gasteiger partial charge in [0.15, 0.2) is 0 Å².